The number of fused-ring (bicyclic) bond motifs is 5. The zero-order chi connectivity index (χ0) is 31.5. The first kappa shape index (κ1) is 27.3. The van der Waals surface area contributed by atoms with Crippen molar-refractivity contribution in [1.82, 2.24) is 15.0 Å². The van der Waals surface area contributed by atoms with E-state index in [0.29, 0.717) is 40.5 Å². The molecule has 0 bridgehead atoms. The van der Waals surface area contributed by atoms with E-state index in [9.17, 15) is 0 Å². The van der Waals surface area contributed by atoms with Crippen molar-refractivity contribution in [3.8, 4) is 79.4 Å². The molecule has 2 heterocycles. The molecule has 0 saturated carbocycles. The van der Waals surface area contributed by atoms with Crippen molar-refractivity contribution >= 4 is 0 Å². The Morgan fingerprint density at radius 1 is 0.404 bits per heavy atom. The molecule has 0 saturated heterocycles. The highest BCUT2D eigenvalue weighted by Gasteiger charge is 2.37. The van der Waals surface area contributed by atoms with Crippen LogP contribution in [0.15, 0.2) is 140 Å². The molecule has 224 valence electrons. The van der Waals surface area contributed by atoms with Gasteiger partial charge in [0.1, 0.15) is 0 Å². The smallest absolute Gasteiger partial charge is 0.181 e. The monoisotopic (exact) mass is 607 g/mol. The molecule has 5 nitrogen and oxygen atoms in total. The largest absolute Gasteiger partial charge is 0.449 e. The van der Waals surface area contributed by atoms with Crippen LogP contribution in [-0.4, -0.2) is 15.0 Å². The van der Waals surface area contributed by atoms with Crippen LogP contribution in [0.4, 0.5) is 0 Å². The highest BCUT2D eigenvalue weighted by Crippen LogP contribution is 2.56. The fraction of sp³-hybridized carbons (Fsp3) is 0.0714. The van der Waals surface area contributed by atoms with Crippen molar-refractivity contribution in [1.29, 1.82) is 0 Å². The van der Waals surface area contributed by atoms with Crippen LogP contribution in [0.1, 0.15) is 25.0 Å². The van der Waals surface area contributed by atoms with E-state index >= 15 is 0 Å². The summed E-state index contributed by atoms with van der Waals surface area (Å²) in [6.07, 6.45) is 0. The number of ether oxygens (including phenoxy) is 2. The van der Waals surface area contributed by atoms with Gasteiger partial charge in [-0.2, -0.15) is 0 Å². The van der Waals surface area contributed by atoms with Gasteiger partial charge in [-0.1, -0.05) is 129 Å². The van der Waals surface area contributed by atoms with Gasteiger partial charge in [-0.25, -0.2) is 15.0 Å². The maximum Gasteiger partial charge on any atom is 0.181 e. The Bertz CT molecular complexity index is 2310. The highest BCUT2D eigenvalue weighted by molar-refractivity contribution is 5.84. The maximum atomic E-state index is 6.71. The van der Waals surface area contributed by atoms with Gasteiger partial charge in [-0.05, 0) is 57.6 Å². The van der Waals surface area contributed by atoms with Gasteiger partial charge in [-0.15, -0.1) is 0 Å². The van der Waals surface area contributed by atoms with Gasteiger partial charge in [0.05, 0.1) is 5.56 Å². The third kappa shape index (κ3) is 4.50. The Morgan fingerprint density at radius 3 is 1.70 bits per heavy atom. The molecule has 0 fully saturated rings. The summed E-state index contributed by atoms with van der Waals surface area (Å²) in [7, 11) is 0. The van der Waals surface area contributed by atoms with Crippen LogP contribution in [0.5, 0.6) is 23.0 Å². The second kappa shape index (κ2) is 10.5. The number of benzene rings is 6. The van der Waals surface area contributed by atoms with Crippen LogP contribution in [0, 0.1) is 0 Å². The Labute approximate surface area is 273 Å². The van der Waals surface area contributed by atoms with Crippen LogP contribution in [0.25, 0.3) is 56.4 Å². The van der Waals surface area contributed by atoms with Crippen LogP contribution in [0.3, 0.4) is 0 Å². The molecule has 0 atom stereocenters. The molecule has 5 heteroatoms. The van der Waals surface area contributed by atoms with E-state index in [0.717, 1.165) is 27.8 Å². The lowest BCUT2D eigenvalue weighted by atomic mass is 9.82. The Hall–Kier alpha value is -6.07. The minimum atomic E-state index is -0.159. The van der Waals surface area contributed by atoms with Crippen molar-refractivity contribution in [3.63, 3.8) is 0 Å². The van der Waals surface area contributed by atoms with Crippen LogP contribution in [0.2, 0.25) is 0 Å². The van der Waals surface area contributed by atoms with E-state index in [1.54, 1.807) is 0 Å². The average molecular weight is 608 g/mol. The second-order valence-electron chi connectivity index (χ2n) is 12.5. The summed E-state index contributed by atoms with van der Waals surface area (Å²) >= 11 is 0. The Balaban J connectivity index is 1.15. The lowest BCUT2D eigenvalue weighted by molar-refractivity contribution is 0.360. The first-order valence-corrected chi connectivity index (χ1v) is 15.8. The zero-order valence-electron chi connectivity index (χ0n) is 25.9. The quantitative estimate of drug-likeness (QED) is 0.199. The summed E-state index contributed by atoms with van der Waals surface area (Å²) in [5, 5.41) is 0. The highest BCUT2D eigenvalue weighted by atomic mass is 16.6. The summed E-state index contributed by atoms with van der Waals surface area (Å²) in [4.78, 5) is 14.9. The molecule has 7 aromatic rings. The molecule has 1 aromatic heterocycles. The van der Waals surface area contributed by atoms with E-state index in [-0.39, 0.29) is 5.41 Å². The summed E-state index contributed by atoms with van der Waals surface area (Å²) in [5.41, 5.74) is 9.61. The SMILES string of the molecule is CC1(C)c2ccccc2-c2cc3c(cc21)Oc1c(cccc1-c1nc(-c2ccccc2)nc(-c2ccc(-c4ccccc4)cc2)n1)O3. The van der Waals surface area contributed by atoms with Gasteiger partial charge >= 0.3 is 0 Å². The van der Waals surface area contributed by atoms with Gasteiger partial charge in [-0.3, -0.25) is 0 Å². The second-order valence-corrected chi connectivity index (χ2v) is 12.5. The van der Waals surface area contributed by atoms with Crippen LogP contribution < -0.4 is 9.47 Å². The van der Waals surface area contributed by atoms with Crippen molar-refractivity contribution in [2.24, 2.45) is 0 Å². The Morgan fingerprint density at radius 2 is 0.957 bits per heavy atom. The molecule has 0 spiro atoms. The molecule has 0 radical (unpaired) electrons. The number of hydrogen-bond donors (Lipinski definition) is 0. The minimum absolute atomic E-state index is 0.159. The number of aromatic nitrogens is 3. The van der Waals surface area contributed by atoms with Crippen molar-refractivity contribution in [3.05, 3.63) is 151 Å². The third-order valence-corrected chi connectivity index (χ3v) is 9.22. The van der Waals surface area contributed by atoms with Crippen molar-refractivity contribution < 1.29 is 9.47 Å². The molecule has 1 aliphatic carbocycles. The van der Waals surface area contributed by atoms with Gasteiger partial charge in [0, 0.05) is 16.5 Å². The van der Waals surface area contributed by atoms with E-state index in [1.165, 1.54) is 22.3 Å². The first-order chi connectivity index (χ1) is 23.0. The first-order valence-electron chi connectivity index (χ1n) is 15.8. The molecule has 1 aliphatic heterocycles. The van der Waals surface area contributed by atoms with Crippen molar-refractivity contribution in [2.45, 2.75) is 19.3 Å². The molecule has 9 rings (SSSR count). The molecule has 47 heavy (non-hydrogen) atoms. The molecule has 2 aliphatic rings. The molecular formula is C42H29N3O2. The number of para-hydroxylation sites is 1. The minimum Gasteiger partial charge on any atom is -0.449 e. The summed E-state index contributed by atoms with van der Waals surface area (Å²) in [6, 6.07) is 47.3. The zero-order valence-corrected chi connectivity index (χ0v) is 25.9. The molecular weight excluding hydrogens is 578 g/mol. The fourth-order valence-electron chi connectivity index (χ4n) is 6.76. The van der Waals surface area contributed by atoms with Crippen LogP contribution >= 0.6 is 0 Å². The molecule has 0 unspecified atom stereocenters. The molecule has 6 aromatic carbocycles. The van der Waals surface area contributed by atoms with E-state index < -0.39 is 0 Å². The van der Waals surface area contributed by atoms with Crippen molar-refractivity contribution in [2.75, 3.05) is 0 Å². The molecule has 0 amide bonds. The van der Waals surface area contributed by atoms with E-state index in [4.69, 9.17) is 24.4 Å². The average Bonchev–Trinajstić information content (AvgIpc) is 3.35. The van der Waals surface area contributed by atoms with Crippen LogP contribution in [-0.2, 0) is 5.41 Å². The predicted octanol–water partition coefficient (Wildman–Crippen LogP) is 10.7. The van der Waals surface area contributed by atoms with E-state index in [2.05, 4.69) is 86.6 Å². The lowest BCUT2D eigenvalue weighted by Gasteiger charge is -2.26. The Kier molecular flexibility index (Phi) is 6.09. The topological polar surface area (TPSA) is 57.1 Å². The number of nitrogens with zero attached hydrogens (tertiary/aromatic N) is 3. The third-order valence-electron chi connectivity index (χ3n) is 9.22. The summed E-state index contributed by atoms with van der Waals surface area (Å²) in [5.74, 6) is 4.27. The van der Waals surface area contributed by atoms with Gasteiger partial charge < -0.3 is 9.47 Å². The predicted molar refractivity (Wildman–Crippen MR) is 186 cm³/mol. The summed E-state index contributed by atoms with van der Waals surface area (Å²) in [6.45, 7) is 4.52. The number of hydrogen-bond acceptors (Lipinski definition) is 5. The molecule has 0 N–H and O–H groups in total. The number of rotatable bonds is 4. The van der Waals surface area contributed by atoms with E-state index in [1.807, 2.05) is 66.7 Å². The maximum absolute atomic E-state index is 6.71. The summed E-state index contributed by atoms with van der Waals surface area (Å²) < 4.78 is 13.2. The van der Waals surface area contributed by atoms with Gasteiger partial charge in [0.15, 0.2) is 40.5 Å². The standard InChI is InChI=1S/C42H29N3O2/c1-42(2)33-18-10-9-16-30(33)32-24-36-37(25-34(32)42)47-38-31(17-11-19-35(38)46-36)41-44-39(28-14-7-4-8-15-28)43-40(45-41)29-22-20-27(21-23-29)26-12-5-3-6-13-26/h3-25H,1-2H3. The van der Waals surface area contributed by atoms with Gasteiger partial charge in [0.25, 0.3) is 0 Å². The normalized spacial score (nSPS) is 13.4. The van der Waals surface area contributed by atoms with Gasteiger partial charge in [0.2, 0.25) is 0 Å². The lowest BCUT2D eigenvalue weighted by Crippen LogP contribution is -2.15. The fourth-order valence-corrected chi connectivity index (χ4v) is 6.76.